The Hall–Kier alpha value is -3.99. The molecular formula is C32H39N3O7Si. The van der Waals surface area contributed by atoms with Gasteiger partial charge in [0, 0.05) is 5.56 Å². The summed E-state index contributed by atoms with van der Waals surface area (Å²) in [5.41, 5.74) is 0.844. The van der Waals surface area contributed by atoms with Gasteiger partial charge < -0.3 is 24.1 Å². The molecule has 0 radical (unpaired) electrons. The first kappa shape index (κ1) is 30.5. The van der Waals surface area contributed by atoms with Crippen LogP contribution in [0.1, 0.15) is 64.2 Å². The highest BCUT2D eigenvalue weighted by Gasteiger charge is 2.50. The summed E-state index contributed by atoms with van der Waals surface area (Å²) in [6, 6.07) is 10.9. The van der Waals surface area contributed by atoms with Crippen LogP contribution in [0.3, 0.4) is 0 Å². The summed E-state index contributed by atoms with van der Waals surface area (Å²) < 4.78 is 18.1. The number of fused-ring (bicyclic) bond motifs is 5. The highest BCUT2D eigenvalue weighted by Crippen LogP contribution is 2.41. The third-order valence-electron chi connectivity index (χ3n) is 8.18. The fourth-order valence-corrected chi connectivity index (χ4v) is 9.85. The molecule has 0 bridgehead atoms. The van der Waals surface area contributed by atoms with Gasteiger partial charge >= 0.3 is 18.0 Å². The summed E-state index contributed by atoms with van der Waals surface area (Å²) in [7, 11) is -1.94. The molecule has 4 heterocycles. The van der Waals surface area contributed by atoms with Gasteiger partial charge in [-0.2, -0.15) is 0 Å². The summed E-state index contributed by atoms with van der Waals surface area (Å²) >= 11 is 0. The van der Waals surface area contributed by atoms with Crippen LogP contribution in [0.5, 0.6) is 0 Å². The number of benzene rings is 1. The van der Waals surface area contributed by atoms with Gasteiger partial charge in [0.05, 0.1) is 37.1 Å². The molecule has 228 valence electrons. The first-order valence-corrected chi connectivity index (χ1v) is 18.0. The van der Waals surface area contributed by atoms with Crippen molar-refractivity contribution in [2.45, 2.75) is 91.0 Å². The van der Waals surface area contributed by atoms with Crippen LogP contribution in [-0.2, 0) is 42.6 Å². The topological polar surface area (TPSA) is 126 Å². The zero-order valence-electron chi connectivity index (χ0n) is 25.9. The number of alkyl carbamates (subject to hydrolysis) is 1. The standard InChI is InChI=1S/C32H39N3O7Si/c1-8-14-43(6,7)27-19-12-10-11-13-23(19)34-26-20(27)17-35-24(26)15-22-21(28(35)37)18-40-29(38)32(22,9-2)41-25(36)16-33-30(39)42-31(3,4)5/h10-13,15H,8-9,14,16-18H2,1-7H3,(H,33,39). The number of carbonyl (C=O) groups excluding carboxylic acids is 3. The van der Waals surface area contributed by atoms with Crippen LogP contribution in [0.2, 0.25) is 19.1 Å². The molecule has 2 aliphatic heterocycles. The second-order valence-corrected chi connectivity index (χ2v) is 17.6. The van der Waals surface area contributed by atoms with Crippen LogP contribution in [0, 0.1) is 0 Å². The van der Waals surface area contributed by atoms with Gasteiger partial charge in [-0.1, -0.05) is 57.6 Å². The highest BCUT2D eigenvalue weighted by atomic mass is 28.3. The van der Waals surface area contributed by atoms with E-state index in [0.29, 0.717) is 23.5 Å². The molecular weight excluding hydrogens is 566 g/mol. The van der Waals surface area contributed by atoms with Gasteiger partial charge in [-0.25, -0.2) is 14.6 Å². The first-order valence-electron chi connectivity index (χ1n) is 14.8. The molecule has 1 amide bonds. The summed E-state index contributed by atoms with van der Waals surface area (Å²) in [4.78, 5) is 57.5. The van der Waals surface area contributed by atoms with E-state index in [-0.39, 0.29) is 24.2 Å². The molecule has 2 aliphatic rings. The largest absolute Gasteiger partial charge is 0.457 e. The van der Waals surface area contributed by atoms with E-state index >= 15 is 0 Å². The van der Waals surface area contributed by atoms with E-state index in [1.807, 2.05) is 18.2 Å². The lowest BCUT2D eigenvalue weighted by atomic mass is 9.85. The van der Waals surface area contributed by atoms with Crippen molar-refractivity contribution in [1.29, 1.82) is 0 Å². The van der Waals surface area contributed by atoms with Gasteiger partial charge in [-0.3, -0.25) is 9.59 Å². The predicted octanol–water partition coefficient (Wildman–Crippen LogP) is 4.48. The van der Waals surface area contributed by atoms with E-state index in [0.717, 1.165) is 28.9 Å². The van der Waals surface area contributed by atoms with E-state index in [1.165, 1.54) is 5.19 Å². The molecule has 0 saturated carbocycles. The number of nitrogens with zero attached hydrogens (tertiary/aromatic N) is 2. The Balaban J connectivity index is 1.61. The van der Waals surface area contributed by atoms with Crippen LogP contribution in [0.25, 0.3) is 22.3 Å². The summed E-state index contributed by atoms with van der Waals surface area (Å²) in [5.74, 6) is -1.63. The number of cyclic esters (lactones) is 1. The number of rotatable bonds is 7. The van der Waals surface area contributed by atoms with Crippen molar-refractivity contribution in [2.75, 3.05) is 6.54 Å². The van der Waals surface area contributed by atoms with Crippen LogP contribution in [0.15, 0.2) is 35.1 Å². The normalized spacial score (nSPS) is 17.5. The van der Waals surface area contributed by atoms with Gasteiger partial charge in [0.15, 0.2) is 0 Å². The number of esters is 2. The molecule has 5 rings (SSSR count). The average Bonchev–Trinajstić information content (AvgIpc) is 3.29. The van der Waals surface area contributed by atoms with Crippen molar-refractivity contribution >= 4 is 42.2 Å². The molecule has 3 aromatic rings. The Morgan fingerprint density at radius 3 is 2.53 bits per heavy atom. The van der Waals surface area contributed by atoms with Gasteiger partial charge in [-0.05, 0) is 55.5 Å². The molecule has 43 heavy (non-hydrogen) atoms. The average molecular weight is 606 g/mol. The Bertz CT molecular complexity index is 1710. The molecule has 0 fully saturated rings. The first-order chi connectivity index (χ1) is 20.2. The SMILES string of the molecule is CCC[Si](C)(C)c1c2c(nc3ccccc13)-c1cc3c(c(=O)n1C2)COC(=O)C3(CC)OC(=O)CNC(=O)OC(C)(C)C. The zero-order chi connectivity index (χ0) is 31.3. The number of aromatic nitrogens is 2. The molecule has 1 aromatic carbocycles. The minimum absolute atomic E-state index is 0.0274. The lowest BCUT2D eigenvalue weighted by molar-refractivity contribution is -0.188. The Labute approximate surface area is 251 Å². The smallest absolute Gasteiger partial charge is 0.408 e. The minimum atomic E-state index is -1.94. The quantitative estimate of drug-likeness (QED) is 0.186. The number of hydrogen-bond acceptors (Lipinski definition) is 8. The van der Waals surface area contributed by atoms with Crippen molar-refractivity contribution in [1.82, 2.24) is 14.9 Å². The predicted molar refractivity (Wildman–Crippen MR) is 165 cm³/mol. The fourth-order valence-electron chi connectivity index (χ4n) is 6.40. The molecule has 0 spiro atoms. The third kappa shape index (κ3) is 5.35. The molecule has 0 aliphatic carbocycles. The van der Waals surface area contributed by atoms with E-state index in [1.54, 1.807) is 38.3 Å². The fraction of sp³-hybridized carbons (Fsp3) is 0.469. The maximum Gasteiger partial charge on any atom is 0.408 e. The van der Waals surface area contributed by atoms with Crippen molar-refractivity contribution < 1.29 is 28.6 Å². The maximum absolute atomic E-state index is 14.0. The lowest BCUT2D eigenvalue weighted by Gasteiger charge is -2.35. The Kier molecular flexibility index (Phi) is 7.74. The van der Waals surface area contributed by atoms with Gasteiger partial charge in [0.25, 0.3) is 5.56 Å². The van der Waals surface area contributed by atoms with Crippen LogP contribution < -0.4 is 16.1 Å². The molecule has 10 nitrogen and oxygen atoms in total. The van der Waals surface area contributed by atoms with Crippen molar-refractivity contribution in [3.8, 4) is 11.4 Å². The van der Waals surface area contributed by atoms with Crippen molar-refractivity contribution in [2.24, 2.45) is 0 Å². The summed E-state index contributed by atoms with van der Waals surface area (Å²) in [6.45, 7) is 13.3. The number of carbonyl (C=O) groups is 3. The minimum Gasteiger partial charge on any atom is -0.457 e. The molecule has 2 aromatic heterocycles. The zero-order valence-corrected chi connectivity index (χ0v) is 26.9. The number of para-hydroxylation sites is 1. The van der Waals surface area contributed by atoms with E-state index in [4.69, 9.17) is 19.2 Å². The lowest BCUT2D eigenvalue weighted by Crippen LogP contribution is -2.49. The Morgan fingerprint density at radius 2 is 1.86 bits per heavy atom. The maximum atomic E-state index is 14.0. The monoisotopic (exact) mass is 605 g/mol. The molecule has 1 atom stereocenters. The number of pyridine rings is 2. The van der Waals surface area contributed by atoms with Crippen LogP contribution in [0.4, 0.5) is 4.79 Å². The number of nitrogens with one attached hydrogen (secondary N) is 1. The highest BCUT2D eigenvalue weighted by molar-refractivity contribution is 6.91. The van der Waals surface area contributed by atoms with Gasteiger partial charge in [0.1, 0.15) is 18.8 Å². The number of hydrogen-bond donors (Lipinski definition) is 1. The molecule has 0 saturated heterocycles. The third-order valence-corrected chi connectivity index (χ3v) is 11.9. The van der Waals surface area contributed by atoms with E-state index in [2.05, 4.69) is 31.4 Å². The van der Waals surface area contributed by atoms with Gasteiger partial charge in [-0.15, -0.1) is 0 Å². The number of amides is 1. The van der Waals surface area contributed by atoms with Crippen LogP contribution >= 0.6 is 0 Å². The summed E-state index contributed by atoms with van der Waals surface area (Å²) in [5, 5.41) is 4.77. The molecule has 1 unspecified atom stereocenters. The van der Waals surface area contributed by atoms with Gasteiger partial charge in [0.2, 0.25) is 5.60 Å². The van der Waals surface area contributed by atoms with Crippen molar-refractivity contribution in [3.05, 3.63) is 57.4 Å². The summed E-state index contributed by atoms with van der Waals surface area (Å²) in [6.07, 6.45) is 0.288. The second kappa shape index (κ2) is 10.9. The van der Waals surface area contributed by atoms with E-state index < -0.39 is 43.9 Å². The molecule has 11 heteroatoms. The van der Waals surface area contributed by atoms with Crippen molar-refractivity contribution in [3.63, 3.8) is 0 Å². The number of ether oxygens (including phenoxy) is 3. The molecule has 1 N–H and O–H groups in total. The van der Waals surface area contributed by atoms with Crippen LogP contribution in [-0.4, -0.2) is 47.8 Å². The second-order valence-electron chi connectivity index (χ2n) is 12.9. The Morgan fingerprint density at radius 1 is 1.14 bits per heavy atom. The van der Waals surface area contributed by atoms with E-state index in [9.17, 15) is 19.2 Å².